The zero-order valence-electron chi connectivity index (χ0n) is 12.4. The summed E-state index contributed by atoms with van der Waals surface area (Å²) in [6, 6.07) is 2.11. The number of piperidine rings is 1. The molecule has 0 amide bonds. The average Bonchev–Trinajstić information content (AvgIpc) is 2.43. The van der Waals surface area contributed by atoms with Crippen LogP contribution in [0.2, 0.25) is 0 Å². The highest BCUT2D eigenvalue weighted by Crippen LogP contribution is 2.26. The quantitative estimate of drug-likeness (QED) is 0.749. The second-order valence-electron chi connectivity index (χ2n) is 5.91. The molecule has 3 unspecified atom stereocenters. The molecule has 2 heterocycles. The number of hydrogen-bond acceptors (Lipinski definition) is 3. The van der Waals surface area contributed by atoms with Crippen LogP contribution in [-0.4, -0.2) is 60.8 Å². The fraction of sp³-hybridized carbons (Fsp3) is 1.00. The van der Waals surface area contributed by atoms with Crippen LogP contribution in [0.5, 0.6) is 0 Å². The SMILES string of the molecule is CCOCC(C)N1CC2CCCCN2CC1CC. The van der Waals surface area contributed by atoms with Gasteiger partial charge >= 0.3 is 0 Å². The maximum absolute atomic E-state index is 5.62. The average molecular weight is 254 g/mol. The Balaban J connectivity index is 1.94. The minimum Gasteiger partial charge on any atom is -0.380 e. The van der Waals surface area contributed by atoms with Crippen molar-refractivity contribution in [2.24, 2.45) is 0 Å². The molecule has 0 aromatic carbocycles. The van der Waals surface area contributed by atoms with Crippen molar-refractivity contribution in [2.75, 3.05) is 32.8 Å². The molecule has 2 rings (SSSR count). The predicted octanol–water partition coefficient (Wildman–Crippen LogP) is 2.36. The number of nitrogens with zero attached hydrogens (tertiary/aromatic N) is 2. The van der Waals surface area contributed by atoms with E-state index in [9.17, 15) is 0 Å². The van der Waals surface area contributed by atoms with Gasteiger partial charge in [0.2, 0.25) is 0 Å². The molecule has 3 heteroatoms. The molecule has 2 aliphatic heterocycles. The lowest BCUT2D eigenvalue weighted by Gasteiger charge is -2.50. The number of piperazine rings is 1. The monoisotopic (exact) mass is 254 g/mol. The van der Waals surface area contributed by atoms with Gasteiger partial charge in [-0.05, 0) is 39.7 Å². The van der Waals surface area contributed by atoms with Gasteiger partial charge in [-0.1, -0.05) is 13.3 Å². The Morgan fingerprint density at radius 2 is 2.06 bits per heavy atom. The topological polar surface area (TPSA) is 15.7 Å². The van der Waals surface area contributed by atoms with E-state index in [2.05, 4.69) is 30.6 Å². The summed E-state index contributed by atoms with van der Waals surface area (Å²) in [5.74, 6) is 0. The molecule has 2 saturated heterocycles. The van der Waals surface area contributed by atoms with Crippen molar-refractivity contribution in [3.8, 4) is 0 Å². The molecule has 2 fully saturated rings. The molecule has 18 heavy (non-hydrogen) atoms. The van der Waals surface area contributed by atoms with Crippen LogP contribution in [0.25, 0.3) is 0 Å². The number of ether oxygens (including phenoxy) is 1. The van der Waals surface area contributed by atoms with Gasteiger partial charge in [0, 0.05) is 37.8 Å². The summed E-state index contributed by atoms with van der Waals surface area (Å²) in [6.45, 7) is 12.3. The molecule has 0 saturated carbocycles. The molecule has 0 spiro atoms. The van der Waals surface area contributed by atoms with Crippen LogP contribution in [-0.2, 0) is 4.74 Å². The first-order chi connectivity index (χ1) is 8.76. The first-order valence-corrected chi connectivity index (χ1v) is 7.83. The molecule has 0 radical (unpaired) electrons. The Morgan fingerprint density at radius 1 is 1.22 bits per heavy atom. The van der Waals surface area contributed by atoms with Gasteiger partial charge < -0.3 is 4.74 Å². The Kier molecular flexibility index (Phi) is 5.46. The highest BCUT2D eigenvalue weighted by molar-refractivity contribution is 4.92. The summed E-state index contributed by atoms with van der Waals surface area (Å²) in [4.78, 5) is 5.45. The van der Waals surface area contributed by atoms with Crippen molar-refractivity contribution in [2.45, 2.75) is 64.6 Å². The Bertz CT molecular complexity index is 247. The van der Waals surface area contributed by atoms with Gasteiger partial charge in [0.15, 0.2) is 0 Å². The van der Waals surface area contributed by atoms with E-state index in [4.69, 9.17) is 4.74 Å². The molecule has 0 bridgehead atoms. The first-order valence-electron chi connectivity index (χ1n) is 7.83. The zero-order chi connectivity index (χ0) is 13.0. The van der Waals surface area contributed by atoms with E-state index in [1.165, 1.54) is 45.3 Å². The van der Waals surface area contributed by atoms with Crippen LogP contribution in [0.15, 0.2) is 0 Å². The standard InChI is InChI=1S/C15H30N2O/c1-4-14-10-16-9-7-6-8-15(16)11-17(14)13(3)12-18-5-2/h13-15H,4-12H2,1-3H3. The highest BCUT2D eigenvalue weighted by Gasteiger charge is 2.35. The lowest BCUT2D eigenvalue weighted by atomic mass is 9.95. The van der Waals surface area contributed by atoms with Gasteiger partial charge in [-0.3, -0.25) is 9.80 Å². The van der Waals surface area contributed by atoms with Crippen molar-refractivity contribution < 1.29 is 4.74 Å². The van der Waals surface area contributed by atoms with Gasteiger partial charge in [-0.15, -0.1) is 0 Å². The normalized spacial score (nSPS) is 32.2. The third-order valence-electron chi connectivity index (χ3n) is 4.69. The second kappa shape index (κ2) is 6.88. The minimum absolute atomic E-state index is 0.568. The number of fused-ring (bicyclic) bond motifs is 1. The lowest BCUT2D eigenvalue weighted by molar-refractivity contribution is -0.0322. The summed E-state index contributed by atoms with van der Waals surface area (Å²) in [5.41, 5.74) is 0. The van der Waals surface area contributed by atoms with Gasteiger partial charge in [0.25, 0.3) is 0 Å². The largest absolute Gasteiger partial charge is 0.380 e. The van der Waals surface area contributed by atoms with Crippen LogP contribution >= 0.6 is 0 Å². The molecular weight excluding hydrogens is 224 g/mol. The molecule has 3 nitrogen and oxygen atoms in total. The van der Waals surface area contributed by atoms with Gasteiger partial charge in [-0.25, -0.2) is 0 Å². The fourth-order valence-corrected chi connectivity index (χ4v) is 3.56. The summed E-state index contributed by atoms with van der Waals surface area (Å²) in [6.07, 6.45) is 5.49. The third-order valence-corrected chi connectivity index (χ3v) is 4.69. The van der Waals surface area contributed by atoms with E-state index in [0.29, 0.717) is 6.04 Å². The minimum atomic E-state index is 0.568. The Hall–Kier alpha value is -0.120. The van der Waals surface area contributed by atoms with Crippen LogP contribution in [0.1, 0.15) is 46.5 Å². The lowest BCUT2D eigenvalue weighted by Crippen LogP contribution is -2.61. The highest BCUT2D eigenvalue weighted by atomic mass is 16.5. The summed E-state index contributed by atoms with van der Waals surface area (Å²) in [7, 11) is 0. The summed E-state index contributed by atoms with van der Waals surface area (Å²) in [5, 5.41) is 0. The van der Waals surface area contributed by atoms with Crippen molar-refractivity contribution >= 4 is 0 Å². The molecule has 3 atom stereocenters. The molecule has 0 aliphatic carbocycles. The van der Waals surface area contributed by atoms with E-state index in [-0.39, 0.29) is 0 Å². The second-order valence-corrected chi connectivity index (χ2v) is 5.91. The summed E-state index contributed by atoms with van der Waals surface area (Å²) >= 11 is 0. The van der Waals surface area contributed by atoms with E-state index in [1.54, 1.807) is 0 Å². The van der Waals surface area contributed by atoms with Crippen molar-refractivity contribution in [3.05, 3.63) is 0 Å². The third kappa shape index (κ3) is 3.25. The molecule has 0 aromatic rings. The van der Waals surface area contributed by atoms with Crippen molar-refractivity contribution in [1.82, 2.24) is 9.80 Å². The molecule has 0 N–H and O–H groups in total. The van der Waals surface area contributed by atoms with E-state index in [1.807, 2.05) is 0 Å². The van der Waals surface area contributed by atoms with E-state index in [0.717, 1.165) is 25.3 Å². The van der Waals surface area contributed by atoms with Crippen LogP contribution < -0.4 is 0 Å². The van der Waals surface area contributed by atoms with Crippen LogP contribution in [0.3, 0.4) is 0 Å². The van der Waals surface area contributed by atoms with Crippen molar-refractivity contribution in [3.63, 3.8) is 0 Å². The number of hydrogen-bond donors (Lipinski definition) is 0. The van der Waals surface area contributed by atoms with Gasteiger partial charge in [0.1, 0.15) is 0 Å². The fourth-order valence-electron chi connectivity index (χ4n) is 3.56. The smallest absolute Gasteiger partial charge is 0.0619 e. The Labute approximate surface area is 112 Å². The molecule has 0 aromatic heterocycles. The van der Waals surface area contributed by atoms with E-state index < -0.39 is 0 Å². The predicted molar refractivity (Wildman–Crippen MR) is 76.0 cm³/mol. The zero-order valence-corrected chi connectivity index (χ0v) is 12.4. The van der Waals surface area contributed by atoms with Crippen LogP contribution in [0.4, 0.5) is 0 Å². The summed E-state index contributed by atoms with van der Waals surface area (Å²) < 4.78 is 5.62. The number of rotatable bonds is 5. The molecular formula is C15H30N2O. The molecule has 106 valence electrons. The van der Waals surface area contributed by atoms with Crippen molar-refractivity contribution in [1.29, 1.82) is 0 Å². The molecule has 2 aliphatic rings. The Morgan fingerprint density at radius 3 is 2.78 bits per heavy atom. The van der Waals surface area contributed by atoms with Gasteiger partial charge in [0.05, 0.1) is 6.61 Å². The van der Waals surface area contributed by atoms with E-state index >= 15 is 0 Å². The maximum atomic E-state index is 5.62. The maximum Gasteiger partial charge on any atom is 0.0619 e. The van der Waals surface area contributed by atoms with Gasteiger partial charge in [-0.2, -0.15) is 0 Å². The van der Waals surface area contributed by atoms with Crippen LogP contribution in [0, 0.1) is 0 Å². The first kappa shape index (κ1) is 14.3.